The van der Waals surface area contributed by atoms with Crippen LogP contribution in [0, 0.1) is 0 Å². The zero-order chi connectivity index (χ0) is 17.0. The van der Waals surface area contributed by atoms with Crippen LogP contribution in [0.4, 0.5) is 0 Å². The molecule has 1 aromatic carbocycles. The molecule has 0 bridgehead atoms. The molecular formula is C17H19BrN2O3S. The Labute approximate surface area is 150 Å². The Morgan fingerprint density at radius 3 is 2.62 bits per heavy atom. The number of nitrogens with one attached hydrogen (secondary N) is 1. The molecule has 2 aromatic rings. The van der Waals surface area contributed by atoms with E-state index >= 15 is 0 Å². The Kier molecular flexibility index (Phi) is 5.34. The Balaban J connectivity index is 1.86. The predicted molar refractivity (Wildman–Crippen MR) is 95.3 cm³/mol. The summed E-state index contributed by atoms with van der Waals surface area (Å²) in [6.07, 6.45) is 3.02. The SMILES string of the molecule is O=S(=O)(NCC1(c2cccc(Br)c2)CCOCC1)c1ccccn1. The van der Waals surface area contributed by atoms with Gasteiger partial charge in [-0.05, 0) is 42.7 Å². The summed E-state index contributed by atoms with van der Waals surface area (Å²) in [4.78, 5) is 3.94. The zero-order valence-electron chi connectivity index (χ0n) is 13.1. The van der Waals surface area contributed by atoms with Crippen molar-refractivity contribution >= 4 is 26.0 Å². The highest BCUT2D eigenvalue weighted by atomic mass is 79.9. The largest absolute Gasteiger partial charge is 0.381 e. The van der Waals surface area contributed by atoms with Crippen LogP contribution in [0.3, 0.4) is 0 Å². The van der Waals surface area contributed by atoms with Crippen LogP contribution in [0.2, 0.25) is 0 Å². The Bertz CT molecular complexity index is 790. The molecule has 1 saturated heterocycles. The van der Waals surface area contributed by atoms with E-state index in [1.54, 1.807) is 12.1 Å². The van der Waals surface area contributed by atoms with E-state index in [1.807, 2.05) is 18.2 Å². The number of rotatable bonds is 5. The molecule has 1 aromatic heterocycles. The minimum atomic E-state index is -3.63. The van der Waals surface area contributed by atoms with Crippen molar-refractivity contribution in [3.63, 3.8) is 0 Å². The number of ether oxygens (including phenoxy) is 1. The fraction of sp³-hybridized carbons (Fsp3) is 0.353. The maximum absolute atomic E-state index is 12.5. The van der Waals surface area contributed by atoms with Gasteiger partial charge in [0.05, 0.1) is 0 Å². The van der Waals surface area contributed by atoms with Crippen molar-refractivity contribution < 1.29 is 13.2 Å². The van der Waals surface area contributed by atoms with Crippen LogP contribution in [0.5, 0.6) is 0 Å². The lowest BCUT2D eigenvalue weighted by Crippen LogP contribution is -2.44. The van der Waals surface area contributed by atoms with Gasteiger partial charge in [-0.2, -0.15) is 0 Å². The van der Waals surface area contributed by atoms with Crippen LogP contribution in [0.1, 0.15) is 18.4 Å². The van der Waals surface area contributed by atoms with Gasteiger partial charge in [0.25, 0.3) is 10.0 Å². The first-order valence-electron chi connectivity index (χ1n) is 7.76. The van der Waals surface area contributed by atoms with Gasteiger partial charge < -0.3 is 4.74 Å². The molecule has 3 rings (SSSR count). The second-order valence-electron chi connectivity index (χ2n) is 5.90. The third-order valence-corrected chi connectivity index (χ3v) is 6.21. The summed E-state index contributed by atoms with van der Waals surface area (Å²) in [5.74, 6) is 0. The molecule has 2 heterocycles. The van der Waals surface area contributed by atoms with Gasteiger partial charge in [-0.1, -0.05) is 34.1 Å². The maximum Gasteiger partial charge on any atom is 0.258 e. The maximum atomic E-state index is 12.5. The molecule has 0 saturated carbocycles. The van der Waals surface area contributed by atoms with E-state index in [4.69, 9.17) is 4.74 Å². The molecule has 0 unspecified atom stereocenters. The molecule has 1 N–H and O–H groups in total. The van der Waals surface area contributed by atoms with Crippen LogP contribution >= 0.6 is 15.9 Å². The first-order valence-corrected chi connectivity index (χ1v) is 10.0. The Morgan fingerprint density at radius 1 is 1.17 bits per heavy atom. The average Bonchev–Trinajstić information content (AvgIpc) is 2.62. The van der Waals surface area contributed by atoms with E-state index in [0.29, 0.717) is 19.8 Å². The molecule has 0 spiro atoms. The molecule has 1 aliphatic rings. The highest BCUT2D eigenvalue weighted by Gasteiger charge is 2.36. The number of aromatic nitrogens is 1. The fourth-order valence-corrected chi connectivity index (χ4v) is 4.43. The van der Waals surface area contributed by atoms with Gasteiger partial charge in [-0.25, -0.2) is 18.1 Å². The van der Waals surface area contributed by atoms with Crippen LogP contribution in [0.25, 0.3) is 0 Å². The van der Waals surface area contributed by atoms with Crippen molar-refractivity contribution in [1.29, 1.82) is 0 Å². The van der Waals surface area contributed by atoms with E-state index in [9.17, 15) is 8.42 Å². The summed E-state index contributed by atoms with van der Waals surface area (Å²) < 4.78 is 34.2. The molecule has 1 fully saturated rings. The van der Waals surface area contributed by atoms with E-state index in [1.165, 1.54) is 12.3 Å². The molecule has 0 aliphatic carbocycles. The summed E-state index contributed by atoms with van der Waals surface area (Å²) in [7, 11) is -3.63. The number of pyridine rings is 1. The minimum Gasteiger partial charge on any atom is -0.381 e. The standard InChI is InChI=1S/C17H19BrN2O3S/c18-15-5-3-4-14(12-15)17(7-10-23-11-8-17)13-20-24(21,22)16-6-1-2-9-19-16/h1-6,9,12,20H,7-8,10-11,13H2. The van der Waals surface area contributed by atoms with Gasteiger partial charge in [-0.15, -0.1) is 0 Å². The molecule has 24 heavy (non-hydrogen) atoms. The molecule has 0 amide bonds. The van der Waals surface area contributed by atoms with Crippen molar-refractivity contribution in [2.45, 2.75) is 23.3 Å². The second kappa shape index (κ2) is 7.31. The monoisotopic (exact) mass is 410 g/mol. The van der Waals surface area contributed by atoms with Crippen molar-refractivity contribution in [3.8, 4) is 0 Å². The topological polar surface area (TPSA) is 68.3 Å². The normalized spacial score (nSPS) is 17.5. The van der Waals surface area contributed by atoms with Crippen LogP contribution in [-0.4, -0.2) is 33.2 Å². The third-order valence-electron chi connectivity index (χ3n) is 4.40. The molecular weight excluding hydrogens is 392 g/mol. The zero-order valence-corrected chi connectivity index (χ0v) is 15.5. The lowest BCUT2D eigenvalue weighted by molar-refractivity contribution is 0.0517. The quantitative estimate of drug-likeness (QED) is 0.822. The molecule has 7 heteroatoms. The van der Waals surface area contributed by atoms with E-state index in [0.717, 1.165) is 22.9 Å². The van der Waals surface area contributed by atoms with Crippen LogP contribution in [-0.2, 0) is 20.2 Å². The summed E-state index contributed by atoms with van der Waals surface area (Å²) in [6, 6.07) is 12.9. The minimum absolute atomic E-state index is 0.0430. The van der Waals surface area contributed by atoms with Crippen LogP contribution < -0.4 is 4.72 Å². The predicted octanol–water partition coefficient (Wildman–Crippen LogP) is 2.87. The molecule has 1 aliphatic heterocycles. The molecule has 0 radical (unpaired) electrons. The van der Waals surface area contributed by atoms with Crippen molar-refractivity contribution in [3.05, 3.63) is 58.7 Å². The lowest BCUT2D eigenvalue weighted by Gasteiger charge is -2.38. The summed E-state index contributed by atoms with van der Waals surface area (Å²) >= 11 is 3.50. The molecule has 128 valence electrons. The van der Waals surface area contributed by atoms with Crippen molar-refractivity contribution in [2.75, 3.05) is 19.8 Å². The van der Waals surface area contributed by atoms with Gasteiger partial charge in [-0.3, -0.25) is 0 Å². The summed E-state index contributed by atoms with van der Waals surface area (Å²) in [6.45, 7) is 1.57. The lowest BCUT2D eigenvalue weighted by atomic mass is 9.74. The van der Waals surface area contributed by atoms with Gasteiger partial charge in [0.15, 0.2) is 5.03 Å². The first-order chi connectivity index (χ1) is 11.5. The number of halogens is 1. The number of nitrogens with zero attached hydrogens (tertiary/aromatic N) is 1. The number of hydrogen-bond donors (Lipinski definition) is 1. The van der Waals surface area contributed by atoms with Gasteiger partial charge in [0.1, 0.15) is 0 Å². The molecule has 0 atom stereocenters. The fourth-order valence-electron chi connectivity index (χ4n) is 2.96. The summed E-state index contributed by atoms with van der Waals surface area (Å²) in [5.41, 5.74) is 0.841. The van der Waals surface area contributed by atoms with Crippen molar-refractivity contribution in [2.24, 2.45) is 0 Å². The van der Waals surface area contributed by atoms with Crippen molar-refractivity contribution in [1.82, 2.24) is 9.71 Å². The smallest absolute Gasteiger partial charge is 0.258 e. The van der Waals surface area contributed by atoms with Gasteiger partial charge in [0, 0.05) is 35.8 Å². The number of hydrogen-bond acceptors (Lipinski definition) is 4. The van der Waals surface area contributed by atoms with Gasteiger partial charge >= 0.3 is 0 Å². The average molecular weight is 411 g/mol. The Morgan fingerprint density at radius 2 is 1.96 bits per heavy atom. The summed E-state index contributed by atoms with van der Waals surface area (Å²) in [5, 5.41) is 0.0430. The highest BCUT2D eigenvalue weighted by molar-refractivity contribution is 9.10. The second-order valence-corrected chi connectivity index (χ2v) is 8.53. The number of benzene rings is 1. The third kappa shape index (κ3) is 3.85. The molecule has 5 nitrogen and oxygen atoms in total. The Hall–Kier alpha value is -1.28. The van der Waals surface area contributed by atoms with Crippen LogP contribution in [0.15, 0.2) is 58.2 Å². The highest BCUT2D eigenvalue weighted by Crippen LogP contribution is 2.35. The van der Waals surface area contributed by atoms with Gasteiger partial charge in [0.2, 0.25) is 0 Å². The number of sulfonamides is 1. The van der Waals surface area contributed by atoms with E-state index < -0.39 is 10.0 Å². The first kappa shape index (κ1) is 17.5. The van der Waals surface area contributed by atoms with E-state index in [-0.39, 0.29) is 10.4 Å². The van der Waals surface area contributed by atoms with E-state index in [2.05, 4.69) is 31.7 Å².